The van der Waals surface area contributed by atoms with Gasteiger partial charge < -0.3 is 14.3 Å². The Morgan fingerprint density at radius 1 is 1.62 bits per heavy atom. The van der Waals surface area contributed by atoms with Crippen LogP contribution in [-0.2, 0) is 11.2 Å². The van der Waals surface area contributed by atoms with Crippen LogP contribution in [0.1, 0.15) is 19.1 Å². The molecule has 0 bridgehead atoms. The van der Waals surface area contributed by atoms with Crippen LogP contribution in [0.2, 0.25) is 0 Å². The monoisotopic (exact) mass is 184 g/mol. The molecule has 0 aliphatic rings. The summed E-state index contributed by atoms with van der Waals surface area (Å²) in [5.74, 6) is 0.793. The molecule has 3 nitrogen and oxygen atoms in total. The number of rotatable bonds is 5. The molecule has 1 unspecified atom stereocenters. The van der Waals surface area contributed by atoms with Gasteiger partial charge in [0.15, 0.2) is 0 Å². The molecule has 1 heterocycles. The highest BCUT2D eigenvalue weighted by Crippen LogP contribution is 2.17. The first-order valence-electron chi connectivity index (χ1n) is 4.44. The Morgan fingerprint density at radius 3 is 2.85 bits per heavy atom. The number of aliphatic hydroxyl groups is 1. The van der Waals surface area contributed by atoms with Crippen LogP contribution in [0, 0.1) is 0 Å². The largest absolute Gasteiger partial charge is 0.469 e. The molecule has 0 aliphatic carbocycles. The van der Waals surface area contributed by atoms with Gasteiger partial charge >= 0.3 is 0 Å². The van der Waals surface area contributed by atoms with Gasteiger partial charge in [0.25, 0.3) is 0 Å². The van der Waals surface area contributed by atoms with Gasteiger partial charge in [-0.1, -0.05) is 6.92 Å². The molecule has 1 aromatic rings. The number of hydrogen-bond acceptors (Lipinski definition) is 3. The third-order valence-electron chi connectivity index (χ3n) is 2.15. The molecule has 1 atom stereocenters. The van der Waals surface area contributed by atoms with Crippen molar-refractivity contribution in [3.05, 3.63) is 24.2 Å². The Kier molecular flexibility index (Phi) is 3.51. The van der Waals surface area contributed by atoms with E-state index >= 15 is 0 Å². The van der Waals surface area contributed by atoms with Crippen molar-refractivity contribution in [2.45, 2.75) is 25.4 Å². The molecule has 0 saturated heterocycles. The summed E-state index contributed by atoms with van der Waals surface area (Å²) < 4.78 is 10.1. The molecule has 0 aromatic carbocycles. The SMILES string of the molecule is CCC(O)(COC)Cc1ccco1. The molecular formula is C10H16O3. The minimum atomic E-state index is -0.799. The molecule has 0 fully saturated rings. The lowest BCUT2D eigenvalue weighted by Crippen LogP contribution is -2.35. The lowest BCUT2D eigenvalue weighted by atomic mass is 9.96. The lowest BCUT2D eigenvalue weighted by molar-refractivity contribution is -0.0363. The number of ether oxygens (including phenoxy) is 1. The van der Waals surface area contributed by atoms with E-state index in [9.17, 15) is 5.11 Å². The van der Waals surface area contributed by atoms with Crippen molar-refractivity contribution in [1.29, 1.82) is 0 Å². The van der Waals surface area contributed by atoms with Crippen molar-refractivity contribution in [3.8, 4) is 0 Å². The molecule has 1 N–H and O–H groups in total. The quantitative estimate of drug-likeness (QED) is 0.756. The maximum atomic E-state index is 10.0. The smallest absolute Gasteiger partial charge is 0.106 e. The highest BCUT2D eigenvalue weighted by molar-refractivity contribution is 5.02. The van der Waals surface area contributed by atoms with Gasteiger partial charge in [-0.05, 0) is 18.6 Å². The zero-order chi connectivity index (χ0) is 9.73. The summed E-state index contributed by atoms with van der Waals surface area (Å²) in [4.78, 5) is 0. The second-order valence-electron chi connectivity index (χ2n) is 3.27. The van der Waals surface area contributed by atoms with Crippen molar-refractivity contribution < 1.29 is 14.3 Å². The number of methoxy groups -OCH3 is 1. The normalized spacial score (nSPS) is 15.6. The Balaban J connectivity index is 2.58. The summed E-state index contributed by atoms with van der Waals surface area (Å²) in [5, 5.41) is 10.0. The first-order chi connectivity index (χ1) is 6.20. The van der Waals surface area contributed by atoms with Crippen LogP contribution in [0.3, 0.4) is 0 Å². The van der Waals surface area contributed by atoms with Gasteiger partial charge in [-0.2, -0.15) is 0 Å². The fraction of sp³-hybridized carbons (Fsp3) is 0.600. The third kappa shape index (κ3) is 2.86. The van der Waals surface area contributed by atoms with E-state index in [0.29, 0.717) is 19.4 Å². The number of furan rings is 1. The summed E-state index contributed by atoms with van der Waals surface area (Å²) in [6.07, 6.45) is 2.77. The Bertz CT molecular complexity index is 230. The fourth-order valence-corrected chi connectivity index (χ4v) is 1.28. The Hall–Kier alpha value is -0.800. The average Bonchev–Trinajstić information content (AvgIpc) is 2.57. The fourth-order valence-electron chi connectivity index (χ4n) is 1.28. The molecule has 74 valence electrons. The van der Waals surface area contributed by atoms with Gasteiger partial charge in [0.05, 0.1) is 18.5 Å². The van der Waals surface area contributed by atoms with Gasteiger partial charge in [0.1, 0.15) is 5.76 Å². The van der Waals surface area contributed by atoms with E-state index in [2.05, 4.69) is 0 Å². The van der Waals surface area contributed by atoms with Crippen LogP contribution >= 0.6 is 0 Å². The lowest BCUT2D eigenvalue weighted by Gasteiger charge is -2.24. The van der Waals surface area contributed by atoms with Crippen LogP contribution in [0.4, 0.5) is 0 Å². The Morgan fingerprint density at radius 2 is 2.38 bits per heavy atom. The van der Waals surface area contributed by atoms with Crippen molar-refractivity contribution in [3.63, 3.8) is 0 Å². The van der Waals surface area contributed by atoms with Crippen LogP contribution in [0.25, 0.3) is 0 Å². The Labute approximate surface area is 78.3 Å². The van der Waals surface area contributed by atoms with E-state index in [1.54, 1.807) is 13.4 Å². The molecule has 1 aromatic heterocycles. The van der Waals surface area contributed by atoms with E-state index in [1.807, 2.05) is 19.1 Å². The minimum Gasteiger partial charge on any atom is -0.469 e. The second-order valence-corrected chi connectivity index (χ2v) is 3.27. The molecular weight excluding hydrogens is 168 g/mol. The van der Waals surface area contributed by atoms with E-state index in [0.717, 1.165) is 5.76 Å². The molecule has 0 spiro atoms. The second kappa shape index (κ2) is 4.44. The van der Waals surface area contributed by atoms with E-state index in [1.165, 1.54) is 0 Å². The van der Waals surface area contributed by atoms with Crippen molar-refractivity contribution >= 4 is 0 Å². The molecule has 3 heteroatoms. The van der Waals surface area contributed by atoms with Crippen LogP contribution in [0.15, 0.2) is 22.8 Å². The van der Waals surface area contributed by atoms with Crippen LogP contribution in [0.5, 0.6) is 0 Å². The summed E-state index contributed by atoms with van der Waals surface area (Å²) >= 11 is 0. The summed E-state index contributed by atoms with van der Waals surface area (Å²) in [5.41, 5.74) is -0.799. The van der Waals surface area contributed by atoms with Crippen molar-refractivity contribution in [2.75, 3.05) is 13.7 Å². The minimum absolute atomic E-state index is 0.337. The van der Waals surface area contributed by atoms with Gasteiger partial charge in [-0.3, -0.25) is 0 Å². The highest BCUT2D eigenvalue weighted by Gasteiger charge is 2.26. The van der Waals surface area contributed by atoms with E-state index < -0.39 is 5.60 Å². The predicted molar refractivity (Wildman–Crippen MR) is 49.5 cm³/mol. The predicted octanol–water partition coefficient (Wildman–Crippen LogP) is 1.61. The zero-order valence-corrected chi connectivity index (χ0v) is 8.12. The van der Waals surface area contributed by atoms with E-state index in [-0.39, 0.29) is 0 Å². The summed E-state index contributed by atoms with van der Waals surface area (Å²) in [6.45, 7) is 2.27. The zero-order valence-electron chi connectivity index (χ0n) is 8.12. The highest BCUT2D eigenvalue weighted by atomic mass is 16.5. The molecule has 13 heavy (non-hydrogen) atoms. The third-order valence-corrected chi connectivity index (χ3v) is 2.15. The van der Waals surface area contributed by atoms with Gasteiger partial charge in [0, 0.05) is 13.5 Å². The van der Waals surface area contributed by atoms with Gasteiger partial charge in [-0.15, -0.1) is 0 Å². The average molecular weight is 184 g/mol. The topological polar surface area (TPSA) is 42.6 Å². The summed E-state index contributed by atoms with van der Waals surface area (Å²) in [6, 6.07) is 3.68. The molecule has 0 amide bonds. The molecule has 0 radical (unpaired) electrons. The van der Waals surface area contributed by atoms with Crippen LogP contribution < -0.4 is 0 Å². The van der Waals surface area contributed by atoms with Crippen molar-refractivity contribution in [1.82, 2.24) is 0 Å². The molecule has 0 aliphatic heterocycles. The van der Waals surface area contributed by atoms with Gasteiger partial charge in [0.2, 0.25) is 0 Å². The van der Waals surface area contributed by atoms with Gasteiger partial charge in [-0.25, -0.2) is 0 Å². The number of hydrogen-bond donors (Lipinski definition) is 1. The maximum absolute atomic E-state index is 10.0. The van der Waals surface area contributed by atoms with Crippen LogP contribution in [-0.4, -0.2) is 24.4 Å². The maximum Gasteiger partial charge on any atom is 0.106 e. The summed E-state index contributed by atoms with van der Waals surface area (Å²) in [7, 11) is 1.59. The van der Waals surface area contributed by atoms with Crippen molar-refractivity contribution in [2.24, 2.45) is 0 Å². The standard InChI is InChI=1S/C10H16O3/c1-3-10(11,8-12-2)7-9-5-4-6-13-9/h4-6,11H,3,7-8H2,1-2H3. The molecule has 0 saturated carbocycles. The molecule has 1 rings (SSSR count). The van der Waals surface area contributed by atoms with E-state index in [4.69, 9.17) is 9.15 Å². The first kappa shape index (κ1) is 10.3. The first-order valence-corrected chi connectivity index (χ1v) is 4.44.